The highest BCUT2D eigenvalue weighted by molar-refractivity contribution is 7.92. The second-order valence-electron chi connectivity index (χ2n) is 6.25. The zero-order valence-electron chi connectivity index (χ0n) is 15.4. The van der Waals surface area contributed by atoms with E-state index in [0.29, 0.717) is 10.6 Å². The molecule has 2 atom stereocenters. The lowest BCUT2D eigenvalue weighted by Crippen LogP contribution is -2.23. The van der Waals surface area contributed by atoms with Crippen LogP contribution in [-0.2, 0) is 19.5 Å². The highest BCUT2D eigenvalue weighted by Gasteiger charge is 2.26. The molecule has 6 nitrogen and oxygen atoms in total. The molecule has 2 rings (SSSR count). The van der Waals surface area contributed by atoms with Crippen LogP contribution in [0, 0.1) is 0 Å². The number of oxime groups is 1. The Morgan fingerprint density at radius 2 is 1.71 bits per heavy atom. The van der Waals surface area contributed by atoms with E-state index in [1.807, 2.05) is 19.1 Å². The summed E-state index contributed by atoms with van der Waals surface area (Å²) in [7, 11) is -3.70. The van der Waals surface area contributed by atoms with Crippen LogP contribution in [0.15, 0.2) is 58.6 Å². The Morgan fingerprint density at radius 3 is 2.25 bits per heavy atom. The molecule has 0 amide bonds. The number of carbonyl (C=O) groups excluding carboxylic acids is 1. The third-order valence-corrected chi connectivity index (χ3v) is 6.77. The molecule has 9 heteroatoms. The summed E-state index contributed by atoms with van der Waals surface area (Å²) < 4.78 is 25.0. The first-order chi connectivity index (χ1) is 13.1. The van der Waals surface area contributed by atoms with E-state index in [1.54, 1.807) is 12.1 Å². The molecule has 150 valence electrons. The van der Waals surface area contributed by atoms with Crippen molar-refractivity contribution in [3.8, 4) is 0 Å². The van der Waals surface area contributed by atoms with Gasteiger partial charge in [0.25, 0.3) is 0 Å². The summed E-state index contributed by atoms with van der Waals surface area (Å²) in [5.74, 6) is -0.784. The largest absolute Gasteiger partial charge is 0.380 e. The first kappa shape index (κ1) is 22.3. The summed E-state index contributed by atoms with van der Waals surface area (Å²) in [6.07, 6.45) is -0.363. The molecule has 0 fully saturated rings. The van der Waals surface area contributed by atoms with Gasteiger partial charge in [-0.25, -0.2) is 13.2 Å². The minimum atomic E-state index is -3.70. The molecule has 0 aliphatic rings. The molecule has 2 aromatic rings. The number of thiol groups is 1. The maximum Gasteiger partial charge on any atom is 0.336 e. The second kappa shape index (κ2) is 9.45. The molecule has 0 aliphatic carbocycles. The average molecular weight is 441 g/mol. The number of hydrogen-bond acceptors (Lipinski definition) is 6. The SMILES string of the molecule is CC(S)c1ccc(/C(N)=N/OC(=O)CC(C)S(=O)(=O)c2ccc(Cl)cc2)cc1. The smallest absolute Gasteiger partial charge is 0.336 e. The van der Waals surface area contributed by atoms with Gasteiger partial charge < -0.3 is 10.6 Å². The number of benzene rings is 2. The summed E-state index contributed by atoms with van der Waals surface area (Å²) in [5.41, 5.74) is 7.40. The predicted octanol–water partition coefficient (Wildman–Crippen LogP) is 3.75. The topological polar surface area (TPSA) is 98.8 Å². The van der Waals surface area contributed by atoms with E-state index >= 15 is 0 Å². The van der Waals surface area contributed by atoms with Crippen LogP contribution in [0.1, 0.15) is 36.6 Å². The minimum absolute atomic E-state index is 0.0138. The van der Waals surface area contributed by atoms with Gasteiger partial charge >= 0.3 is 5.97 Å². The van der Waals surface area contributed by atoms with Crippen LogP contribution in [0.5, 0.6) is 0 Å². The van der Waals surface area contributed by atoms with E-state index in [9.17, 15) is 13.2 Å². The van der Waals surface area contributed by atoms with E-state index in [4.69, 9.17) is 22.2 Å². The Labute approximate surface area is 175 Å². The summed E-state index contributed by atoms with van der Waals surface area (Å²) in [6.45, 7) is 3.37. The van der Waals surface area contributed by atoms with Crippen molar-refractivity contribution < 1.29 is 18.0 Å². The van der Waals surface area contributed by atoms with E-state index < -0.39 is 21.1 Å². The van der Waals surface area contributed by atoms with Crippen molar-refractivity contribution in [1.82, 2.24) is 0 Å². The molecule has 0 saturated carbocycles. The van der Waals surface area contributed by atoms with Gasteiger partial charge in [-0.05, 0) is 43.7 Å². The third-order valence-electron chi connectivity index (χ3n) is 4.06. The Hall–Kier alpha value is -2.03. The van der Waals surface area contributed by atoms with Gasteiger partial charge in [0.2, 0.25) is 0 Å². The standard InChI is InChI=1S/C19H21ClN2O4S2/c1-12(28(24,25)17-9-7-16(20)8-10-17)11-18(23)26-22-19(21)15-5-3-14(4-6-15)13(2)27/h3-10,12-13,27H,11H2,1-2H3,(H2,21,22). The first-order valence-corrected chi connectivity index (χ1v) is 10.9. The number of rotatable bonds is 7. The van der Waals surface area contributed by atoms with Crippen molar-refractivity contribution in [1.29, 1.82) is 0 Å². The van der Waals surface area contributed by atoms with E-state index in [-0.39, 0.29) is 22.4 Å². The Kier molecular flexibility index (Phi) is 7.51. The molecular formula is C19H21ClN2O4S2. The number of nitrogens with two attached hydrogens (primary N) is 1. The van der Waals surface area contributed by atoms with Gasteiger partial charge in [-0.15, -0.1) is 0 Å². The molecule has 0 aliphatic heterocycles. The van der Waals surface area contributed by atoms with Crippen LogP contribution < -0.4 is 5.73 Å². The minimum Gasteiger partial charge on any atom is -0.380 e. The van der Waals surface area contributed by atoms with Crippen molar-refractivity contribution >= 4 is 45.9 Å². The highest BCUT2D eigenvalue weighted by atomic mass is 35.5. The fourth-order valence-corrected chi connectivity index (χ4v) is 3.96. The van der Waals surface area contributed by atoms with Crippen molar-refractivity contribution in [2.24, 2.45) is 10.9 Å². The number of amidine groups is 1. The van der Waals surface area contributed by atoms with Gasteiger partial charge in [-0.1, -0.05) is 41.0 Å². The fraction of sp³-hybridized carbons (Fsp3) is 0.263. The molecule has 0 spiro atoms. The van der Waals surface area contributed by atoms with Gasteiger partial charge in [0.15, 0.2) is 15.7 Å². The van der Waals surface area contributed by atoms with E-state index in [1.165, 1.54) is 31.2 Å². The average Bonchev–Trinajstić information content (AvgIpc) is 2.66. The molecule has 0 heterocycles. The van der Waals surface area contributed by atoms with Crippen molar-refractivity contribution in [2.45, 2.75) is 35.7 Å². The highest BCUT2D eigenvalue weighted by Crippen LogP contribution is 2.21. The Balaban J connectivity index is 2.00. The van der Waals surface area contributed by atoms with Crippen LogP contribution in [0.25, 0.3) is 0 Å². The number of halogens is 1. The lowest BCUT2D eigenvalue weighted by atomic mass is 10.1. The first-order valence-electron chi connectivity index (χ1n) is 8.42. The van der Waals surface area contributed by atoms with Crippen LogP contribution in [0.3, 0.4) is 0 Å². The number of sulfone groups is 1. The fourth-order valence-electron chi connectivity index (χ4n) is 2.32. The van der Waals surface area contributed by atoms with Crippen LogP contribution in [0.2, 0.25) is 5.02 Å². The molecule has 2 unspecified atom stereocenters. The maximum absolute atomic E-state index is 12.5. The number of nitrogens with zero attached hydrogens (tertiary/aromatic N) is 1. The van der Waals surface area contributed by atoms with Gasteiger partial charge in [-0.2, -0.15) is 12.6 Å². The molecule has 0 saturated heterocycles. The van der Waals surface area contributed by atoms with Crippen molar-refractivity contribution in [2.75, 3.05) is 0 Å². The Bertz CT molecular complexity index is 956. The van der Waals surface area contributed by atoms with Gasteiger partial charge in [0.1, 0.15) is 0 Å². The summed E-state index contributed by atoms with van der Waals surface area (Å²) in [5, 5.41) is 3.11. The maximum atomic E-state index is 12.5. The van der Waals surface area contributed by atoms with Crippen LogP contribution in [-0.4, -0.2) is 25.5 Å². The normalized spacial score (nSPS) is 14.4. The molecule has 28 heavy (non-hydrogen) atoms. The number of carbonyl (C=O) groups is 1. The molecule has 2 aromatic carbocycles. The molecule has 2 N–H and O–H groups in total. The van der Waals surface area contributed by atoms with Crippen molar-refractivity contribution in [3.63, 3.8) is 0 Å². The van der Waals surface area contributed by atoms with E-state index in [0.717, 1.165) is 5.56 Å². The predicted molar refractivity (Wildman–Crippen MR) is 113 cm³/mol. The molecule has 0 radical (unpaired) electrons. The lowest BCUT2D eigenvalue weighted by Gasteiger charge is -2.11. The summed E-state index contributed by atoms with van der Waals surface area (Å²) in [6, 6.07) is 12.9. The van der Waals surface area contributed by atoms with E-state index in [2.05, 4.69) is 17.8 Å². The van der Waals surface area contributed by atoms with Gasteiger partial charge in [-0.3, -0.25) is 0 Å². The molecule has 0 aromatic heterocycles. The lowest BCUT2D eigenvalue weighted by molar-refractivity contribution is -0.143. The van der Waals surface area contributed by atoms with Gasteiger partial charge in [0, 0.05) is 15.8 Å². The molecular weight excluding hydrogens is 420 g/mol. The van der Waals surface area contributed by atoms with Crippen LogP contribution in [0.4, 0.5) is 0 Å². The van der Waals surface area contributed by atoms with Gasteiger partial charge in [0.05, 0.1) is 16.6 Å². The zero-order chi connectivity index (χ0) is 20.9. The van der Waals surface area contributed by atoms with Crippen LogP contribution >= 0.6 is 24.2 Å². The molecule has 0 bridgehead atoms. The van der Waals surface area contributed by atoms with Crippen molar-refractivity contribution in [3.05, 3.63) is 64.7 Å². The summed E-state index contributed by atoms with van der Waals surface area (Å²) >= 11 is 10.1. The Morgan fingerprint density at radius 1 is 1.14 bits per heavy atom. The third kappa shape index (κ3) is 5.73. The monoisotopic (exact) mass is 440 g/mol. The number of hydrogen-bond donors (Lipinski definition) is 2. The second-order valence-corrected chi connectivity index (χ2v) is 9.83. The summed E-state index contributed by atoms with van der Waals surface area (Å²) in [4.78, 5) is 16.8. The quantitative estimate of drug-likeness (QED) is 0.224. The zero-order valence-corrected chi connectivity index (χ0v) is 17.8.